The van der Waals surface area contributed by atoms with Crippen LogP contribution in [0.4, 0.5) is 18.9 Å². The van der Waals surface area contributed by atoms with Crippen LogP contribution < -0.4 is 15.4 Å². The first kappa shape index (κ1) is 22.4. The lowest BCUT2D eigenvalue weighted by molar-refractivity contribution is -0.137. The summed E-state index contributed by atoms with van der Waals surface area (Å²) in [5.41, 5.74) is 7.49. The van der Waals surface area contributed by atoms with Gasteiger partial charge in [-0.05, 0) is 41.8 Å². The number of ether oxygens (including phenoxy) is 1. The van der Waals surface area contributed by atoms with Gasteiger partial charge in [-0.2, -0.15) is 13.2 Å². The van der Waals surface area contributed by atoms with Crippen molar-refractivity contribution in [3.63, 3.8) is 0 Å². The second-order valence-corrected chi connectivity index (χ2v) is 7.02. The molecule has 4 nitrogen and oxygen atoms in total. The maximum absolute atomic E-state index is 13.3. The molecule has 0 radical (unpaired) electrons. The van der Waals surface area contributed by atoms with Gasteiger partial charge < -0.3 is 15.4 Å². The van der Waals surface area contributed by atoms with E-state index in [1.54, 1.807) is 48.5 Å². The number of benzene rings is 3. The fourth-order valence-corrected chi connectivity index (χ4v) is 3.22. The Morgan fingerprint density at radius 3 is 2.29 bits per heavy atom. The summed E-state index contributed by atoms with van der Waals surface area (Å²) in [5, 5.41) is 0. The smallest absolute Gasteiger partial charge is 0.416 e. The molecule has 1 amide bonds. The molecule has 0 fully saturated rings. The molecule has 0 bridgehead atoms. The zero-order valence-electron chi connectivity index (χ0n) is 17.0. The maximum atomic E-state index is 13.3. The molecule has 0 heterocycles. The summed E-state index contributed by atoms with van der Waals surface area (Å²) < 4.78 is 43.7. The molecule has 0 aromatic heterocycles. The Morgan fingerprint density at radius 2 is 1.68 bits per heavy atom. The van der Waals surface area contributed by atoms with Crippen LogP contribution in [-0.4, -0.2) is 19.6 Å². The summed E-state index contributed by atoms with van der Waals surface area (Å²) >= 11 is 0. The monoisotopic (exact) mass is 428 g/mol. The van der Waals surface area contributed by atoms with Gasteiger partial charge in [0.05, 0.1) is 12.7 Å². The molecule has 0 aliphatic heterocycles. The van der Waals surface area contributed by atoms with Gasteiger partial charge in [-0.25, -0.2) is 0 Å². The molecule has 3 aromatic rings. The second kappa shape index (κ2) is 9.66. The fourth-order valence-electron chi connectivity index (χ4n) is 3.22. The molecule has 0 spiro atoms. The molecule has 0 saturated carbocycles. The number of hydrogen-bond donors (Lipinski definition) is 1. The molecule has 31 heavy (non-hydrogen) atoms. The Kier molecular flexibility index (Phi) is 6.97. The van der Waals surface area contributed by atoms with Crippen LogP contribution in [0.2, 0.25) is 0 Å². The number of carbonyl (C=O) groups is 1. The first-order valence-corrected chi connectivity index (χ1v) is 9.71. The standard InChI is InChI=1S/C24H23F3N2O2/c1-31-21-9-5-8-20(16-21)29(23(30)22(28)18-6-3-2-4-7-18)15-14-17-10-12-19(13-11-17)24(25,26)27/h2-13,16,22H,14-15,28H2,1H3/t22-/m0/s1. The van der Waals surface area contributed by atoms with E-state index in [1.807, 2.05) is 6.07 Å². The van der Waals surface area contributed by atoms with Gasteiger partial charge in [0.1, 0.15) is 11.8 Å². The van der Waals surface area contributed by atoms with Crippen LogP contribution in [-0.2, 0) is 17.4 Å². The van der Waals surface area contributed by atoms with Crippen molar-refractivity contribution in [1.29, 1.82) is 0 Å². The number of methoxy groups -OCH3 is 1. The molecule has 7 heteroatoms. The molecule has 3 aromatic carbocycles. The first-order valence-electron chi connectivity index (χ1n) is 9.71. The van der Waals surface area contributed by atoms with Gasteiger partial charge in [0.15, 0.2) is 0 Å². The van der Waals surface area contributed by atoms with Gasteiger partial charge >= 0.3 is 6.18 Å². The van der Waals surface area contributed by atoms with Gasteiger partial charge in [-0.1, -0.05) is 48.5 Å². The molecule has 0 aliphatic carbocycles. The highest BCUT2D eigenvalue weighted by atomic mass is 19.4. The zero-order valence-corrected chi connectivity index (χ0v) is 17.0. The third kappa shape index (κ3) is 5.64. The number of rotatable bonds is 7. The van der Waals surface area contributed by atoms with E-state index in [2.05, 4.69) is 0 Å². The molecule has 2 N–H and O–H groups in total. The SMILES string of the molecule is COc1cccc(N(CCc2ccc(C(F)(F)F)cc2)C(=O)[C@@H](N)c2ccccc2)c1. The van der Waals surface area contributed by atoms with Gasteiger partial charge in [-0.3, -0.25) is 4.79 Å². The summed E-state index contributed by atoms with van der Waals surface area (Å²) in [4.78, 5) is 14.8. The summed E-state index contributed by atoms with van der Waals surface area (Å²) in [6.07, 6.45) is -4.02. The number of hydrogen-bond acceptors (Lipinski definition) is 3. The summed E-state index contributed by atoms with van der Waals surface area (Å²) in [6.45, 7) is 0.248. The molecule has 1 atom stereocenters. The predicted molar refractivity (Wildman–Crippen MR) is 114 cm³/mol. The highest BCUT2D eigenvalue weighted by Crippen LogP contribution is 2.29. The van der Waals surface area contributed by atoms with Crippen molar-refractivity contribution in [2.75, 3.05) is 18.6 Å². The summed E-state index contributed by atoms with van der Waals surface area (Å²) in [6, 6.07) is 20.1. The number of amides is 1. The van der Waals surface area contributed by atoms with E-state index in [-0.39, 0.29) is 12.5 Å². The Labute approximate surface area is 179 Å². The molecule has 0 unspecified atom stereocenters. The average Bonchev–Trinajstić information content (AvgIpc) is 2.79. The van der Waals surface area contributed by atoms with E-state index in [1.165, 1.54) is 24.1 Å². The van der Waals surface area contributed by atoms with Gasteiger partial charge in [0.2, 0.25) is 5.91 Å². The molecule has 3 rings (SSSR count). The van der Waals surface area contributed by atoms with E-state index in [9.17, 15) is 18.0 Å². The third-order valence-electron chi connectivity index (χ3n) is 4.96. The van der Waals surface area contributed by atoms with E-state index in [0.29, 0.717) is 29.0 Å². The van der Waals surface area contributed by atoms with Crippen molar-refractivity contribution >= 4 is 11.6 Å². The zero-order chi connectivity index (χ0) is 22.4. The first-order chi connectivity index (χ1) is 14.8. The van der Waals surface area contributed by atoms with Crippen molar-refractivity contribution in [3.05, 3.63) is 95.6 Å². The van der Waals surface area contributed by atoms with Crippen LogP contribution in [0.1, 0.15) is 22.7 Å². The number of anilines is 1. The average molecular weight is 428 g/mol. The maximum Gasteiger partial charge on any atom is 0.416 e. The van der Waals surface area contributed by atoms with E-state index < -0.39 is 17.8 Å². The van der Waals surface area contributed by atoms with Crippen LogP contribution in [0.25, 0.3) is 0 Å². The lowest BCUT2D eigenvalue weighted by atomic mass is 10.0. The fraction of sp³-hybridized carbons (Fsp3) is 0.208. The Balaban J connectivity index is 1.84. The van der Waals surface area contributed by atoms with Crippen LogP contribution in [0.15, 0.2) is 78.9 Å². The van der Waals surface area contributed by atoms with Crippen molar-refractivity contribution in [2.24, 2.45) is 5.73 Å². The van der Waals surface area contributed by atoms with Crippen LogP contribution >= 0.6 is 0 Å². The molecule has 162 valence electrons. The minimum atomic E-state index is -4.39. The van der Waals surface area contributed by atoms with Crippen molar-refractivity contribution in [3.8, 4) is 5.75 Å². The number of nitrogens with two attached hydrogens (primary N) is 1. The third-order valence-corrected chi connectivity index (χ3v) is 4.96. The highest BCUT2D eigenvalue weighted by Gasteiger charge is 2.30. The largest absolute Gasteiger partial charge is 0.497 e. The highest BCUT2D eigenvalue weighted by molar-refractivity contribution is 5.97. The van der Waals surface area contributed by atoms with Crippen LogP contribution in [0.3, 0.4) is 0 Å². The lowest BCUT2D eigenvalue weighted by Gasteiger charge is -2.26. The molecular formula is C24H23F3N2O2. The van der Waals surface area contributed by atoms with Crippen LogP contribution in [0, 0.1) is 0 Å². The number of halogens is 3. The molecular weight excluding hydrogens is 405 g/mol. The van der Waals surface area contributed by atoms with E-state index in [4.69, 9.17) is 10.5 Å². The Bertz CT molecular complexity index is 1010. The quantitative estimate of drug-likeness (QED) is 0.577. The predicted octanol–water partition coefficient (Wildman–Crippen LogP) is 4.99. The summed E-state index contributed by atoms with van der Waals surface area (Å²) in [7, 11) is 1.53. The van der Waals surface area contributed by atoms with Gasteiger partial charge in [0.25, 0.3) is 0 Å². The minimum Gasteiger partial charge on any atom is -0.497 e. The van der Waals surface area contributed by atoms with Crippen molar-refractivity contribution in [1.82, 2.24) is 0 Å². The van der Waals surface area contributed by atoms with Crippen LogP contribution in [0.5, 0.6) is 5.75 Å². The number of alkyl halides is 3. The Hall–Kier alpha value is -3.32. The van der Waals surface area contributed by atoms with E-state index >= 15 is 0 Å². The number of nitrogens with zero attached hydrogens (tertiary/aromatic N) is 1. The van der Waals surface area contributed by atoms with Gasteiger partial charge in [-0.15, -0.1) is 0 Å². The molecule has 0 saturated heterocycles. The van der Waals surface area contributed by atoms with Crippen molar-refractivity contribution in [2.45, 2.75) is 18.6 Å². The minimum absolute atomic E-state index is 0.248. The second-order valence-electron chi connectivity index (χ2n) is 7.02. The normalized spacial score (nSPS) is 12.3. The van der Waals surface area contributed by atoms with E-state index in [0.717, 1.165) is 12.1 Å². The topological polar surface area (TPSA) is 55.6 Å². The lowest BCUT2D eigenvalue weighted by Crippen LogP contribution is -2.40. The summed E-state index contributed by atoms with van der Waals surface area (Å²) in [5.74, 6) is 0.268. The van der Waals surface area contributed by atoms with Crippen molar-refractivity contribution < 1.29 is 22.7 Å². The molecule has 0 aliphatic rings. The Morgan fingerprint density at radius 1 is 1.00 bits per heavy atom. The van der Waals surface area contributed by atoms with Gasteiger partial charge in [0, 0.05) is 18.3 Å². The number of carbonyl (C=O) groups excluding carboxylic acids is 1.